The highest BCUT2D eigenvalue weighted by Crippen LogP contribution is 2.40. The summed E-state index contributed by atoms with van der Waals surface area (Å²) in [5.74, 6) is 0. The van der Waals surface area contributed by atoms with Gasteiger partial charge in [0.25, 0.3) is 6.43 Å². The van der Waals surface area contributed by atoms with Gasteiger partial charge in [-0.3, -0.25) is 0 Å². The van der Waals surface area contributed by atoms with Crippen LogP contribution in [0.4, 0.5) is 8.78 Å². The molecule has 1 aromatic carbocycles. The molecule has 0 bridgehead atoms. The second kappa shape index (κ2) is 3.47. The normalized spacial score (nSPS) is 11.4. The molecule has 0 saturated carbocycles. The third-order valence-electron chi connectivity index (χ3n) is 1.88. The van der Waals surface area contributed by atoms with E-state index in [0.29, 0.717) is 14.6 Å². The second-order valence-electron chi connectivity index (χ2n) is 2.76. The molecule has 0 aliphatic rings. The average Bonchev–Trinajstić information content (AvgIpc) is 2.47. The summed E-state index contributed by atoms with van der Waals surface area (Å²) in [4.78, 5) is 0. The van der Waals surface area contributed by atoms with Crippen LogP contribution in [0.25, 0.3) is 10.1 Å². The van der Waals surface area contributed by atoms with Crippen LogP contribution in [0.2, 0.25) is 0 Å². The number of hydrogen-bond acceptors (Lipinski definition) is 2. The first kappa shape index (κ1) is 9.86. The predicted molar refractivity (Wildman–Crippen MR) is 56.1 cm³/mol. The summed E-state index contributed by atoms with van der Waals surface area (Å²) in [6.45, 7) is 0. The number of hydrogen-bond donors (Lipinski definition) is 1. The second-order valence-corrected chi connectivity index (χ2v) is 4.65. The van der Waals surface area contributed by atoms with Crippen LogP contribution in [0.3, 0.4) is 0 Å². The molecular formula is C9H5BrF2OS. The van der Waals surface area contributed by atoms with Gasteiger partial charge in [0.05, 0.1) is 0 Å². The number of aromatic hydroxyl groups is 1. The van der Waals surface area contributed by atoms with Gasteiger partial charge in [0.2, 0.25) is 0 Å². The lowest BCUT2D eigenvalue weighted by Crippen LogP contribution is -1.83. The van der Waals surface area contributed by atoms with Gasteiger partial charge in [-0.05, 0) is 6.07 Å². The van der Waals surface area contributed by atoms with Crippen molar-refractivity contribution >= 4 is 37.4 Å². The molecule has 0 aliphatic carbocycles. The third kappa shape index (κ3) is 1.50. The fraction of sp³-hybridized carbons (Fsp3) is 0.111. The number of thiophene rings is 1. The van der Waals surface area contributed by atoms with Crippen LogP contribution < -0.4 is 0 Å². The Hall–Kier alpha value is -0.680. The summed E-state index contributed by atoms with van der Waals surface area (Å²) in [5, 5.41) is 9.92. The van der Waals surface area contributed by atoms with Crippen LogP contribution in [0.5, 0.6) is 5.06 Å². The van der Waals surface area contributed by atoms with Crippen molar-refractivity contribution in [2.45, 2.75) is 6.43 Å². The molecule has 1 heterocycles. The standard InChI is InChI=1S/C9H5BrF2OS/c10-6-2-1-4(9(11)12)8-5(6)3-7(13)14-8/h1-3,9,13H. The molecule has 0 amide bonds. The maximum atomic E-state index is 12.5. The molecule has 0 fully saturated rings. The monoisotopic (exact) mass is 278 g/mol. The minimum Gasteiger partial charge on any atom is -0.499 e. The van der Waals surface area contributed by atoms with Gasteiger partial charge in [-0.25, -0.2) is 8.78 Å². The van der Waals surface area contributed by atoms with Crippen LogP contribution in [0.15, 0.2) is 22.7 Å². The number of fused-ring (bicyclic) bond motifs is 1. The molecule has 1 aromatic heterocycles. The van der Waals surface area contributed by atoms with E-state index in [1.54, 1.807) is 6.07 Å². The summed E-state index contributed by atoms with van der Waals surface area (Å²) in [6, 6.07) is 4.42. The van der Waals surface area contributed by atoms with E-state index in [-0.39, 0.29) is 10.6 Å². The Bertz CT molecular complexity index is 481. The number of halogens is 3. The van der Waals surface area contributed by atoms with Gasteiger partial charge >= 0.3 is 0 Å². The van der Waals surface area contributed by atoms with Crippen molar-refractivity contribution in [3.63, 3.8) is 0 Å². The molecule has 0 atom stereocenters. The maximum Gasteiger partial charge on any atom is 0.265 e. The van der Waals surface area contributed by atoms with Crippen molar-refractivity contribution in [1.82, 2.24) is 0 Å². The van der Waals surface area contributed by atoms with Crippen LogP contribution >= 0.6 is 27.3 Å². The van der Waals surface area contributed by atoms with E-state index in [2.05, 4.69) is 15.9 Å². The number of rotatable bonds is 1. The molecule has 0 spiro atoms. The van der Waals surface area contributed by atoms with E-state index in [0.717, 1.165) is 11.3 Å². The SMILES string of the molecule is Oc1cc2c(Br)ccc(C(F)F)c2s1. The Labute approximate surface area is 91.1 Å². The van der Waals surface area contributed by atoms with Crippen molar-refractivity contribution in [2.75, 3.05) is 0 Å². The Balaban J connectivity index is 2.81. The van der Waals surface area contributed by atoms with E-state index in [4.69, 9.17) is 0 Å². The molecule has 2 rings (SSSR count). The maximum absolute atomic E-state index is 12.5. The summed E-state index contributed by atoms with van der Waals surface area (Å²) in [5.41, 5.74) is -0.0338. The Morgan fingerprint density at radius 2 is 2.07 bits per heavy atom. The van der Waals surface area contributed by atoms with Crippen molar-refractivity contribution in [3.05, 3.63) is 28.2 Å². The highest BCUT2D eigenvalue weighted by molar-refractivity contribution is 9.10. The molecule has 2 aromatic rings. The molecule has 0 aliphatic heterocycles. The Morgan fingerprint density at radius 1 is 1.36 bits per heavy atom. The highest BCUT2D eigenvalue weighted by atomic mass is 79.9. The van der Waals surface area contributed by atoms with Crippen molar-refractivity contribution < 1.29 is 13.9 Å². The Morgan fingerprint density at radius 3 is 2.71 bits per heavy atom. The lowest BCUT2D eigenvalue weighted by Gasteiger charge is -2.01. The topological polar surface area (TPSA) is 20.2 Å². The first-order valence-corrected chi connectivity index (χ1v) is 5.39. The molecule has 0 radical (unpaired) electrons. The summed E-state index contributed by atoms with van der Waals surface area (Å²) < 4.78 is 26.2. The van der Waals surface area contributed by atoms with Gasteiger partial charge in [-0.15, -0.1) is 0 Å². The van der Waals surface area contributed by atoms with Crippen molar-refractivity contribution in [1.29, 1.82) is 0 Å². The minimum atomic E-state index is -2.51. The van der Waals surface area contributed by atoms with E-state index in [9.17, 15) is 13.9 Å². The van der Waals surface area contributed by atoms with E-state index >= 15 is 0 Å². The molecule has 74 valence electrons. The fourth-order valence-corrected chi connectivity index (χ4v) is 2.79. The first-order valence-electron chi connectivity index (χ1n) is 3.78. The van der Waals surface area contributed by atoms with E-state index < -0.39 is 6.43 Å². The molecule has 14 heavy (non-hydrogen) atoms. The van der Waals surface area contributed by atoms with Gasteiger partial charge < -0.3 is 5.11 Å². The molecule has 0 unspecified atom stereocenters. The number of alkyl halides is 2. The van der Waals surface area contributed by atoms with E-state index in [1.165, 1.54) is 12.1 Å². The molecular weight excluding hydrogens is 274 g/mol. The summed E-state index contributed by atoms with van der Waals surface area (Å²) in [6.07, 6.45) is -2.51. The van der Waals surface area contributed by atoms with Gasteiger partial charge in [0, 0.05) is 26.2 Å². The average molecular weight is 279 g/mol. The van der Waals surface area contributed by atoms with Gasteiger partial charge in [0.15, 0.2) is 5.06 Å². The minimum absolute atomic E-state index is 0.0338. The fourth-order valence-electron chi connectivity index (χ4n) is 1.27. The predicted octanol–water partition coefficient (Wildman–Crippen LogP) is 4.31. The zero-order valence-electron chi connectivity index (χ0n) is 6.80. The lowest BCUT2D eigenvalue weighted by molar-refractivity contribution is 0.153. The quantitative estimate of drug-likeness (QED) is 0.824. The van der Waals surface area contributed by atoms with Crippen LogP contribution in [0, 0.1) is 0 Å². The molecule has 0 saturated heterocycles. The Kier molecular flexibility index (Phi) is 2.45. The summed E-state index contributed by atoms with van der Waals surface area (Å²) >= 11 is 4.21. The van der Waals surface area contributed by atoms with Crippen LogP contribution in [-0.4, -0.2) is 5.11 Å². The van der Waals surface area contributed by atoms with Crippen LogP contribution in [-0.2, 0) is 0 Å². The first-order chi connectivity index (χ1) is 6.59. The van der Waals surface area contributed by atoms with Crippen molar-refractivity contribution in [2.24, 2.45) is 0 Å². The van der Waals surface area contributed by atoms with E-state index in [1.807, 2.05) is 0 Å². The van der Waals surface area contributed by atoms with Gasteiger partial charge in [-0.2, -0.15) is 0 Å². The largest absolute Gasteiger partial charge is 0.499 e. The molecule has 1 N–H and O–H groups in total. The number of benzene rings is 1. The zero-order chi connectivity index (χ0) is 10.3. The molecule has 5 heteroatoms. The van der Waals surface area contributed by atoms with Crippen molar-refractivity contribution in [3.8, 4) is 5.06 Å². The van der Waals surface area contributed by atoms with Crippen LogP contribution in [0.1, 0.15) is 12.0 Å². The zero-order valence-corrected chi connectivity index (χ0v) is 9.20. The van der Waals surface area contributed by atoms with Gasteiger partial charge in [0.1, 0.15) is 0 Å². The smallest absolute Gasteiger partial charge is 0.265 e. The third-order valence-corrected chi connectivity index (χ3v) is 3.56. The lowest BCUT2D eigenvalue weighted by atomic mass is 10.2. The highest BCUT2D eigenvalue weighted by Gasteiger charge is 2.15. The molecule has 1 nitrogen and oxygen atoms in total. The van der Waals surface area contributed by atoms with Gasteiger partial charge in [-0.1, -0.05) is 33.3 Å². The summed E-state index contributed by atoms with van der Waals surface area (Å²) in [7, 11) is 0.